The van der Waals surface area contributed by atoms with Crippen LogP contribution in [0.15, 0.2) is 42.6 Å². The van der Waals surface area contributed by atoms with E-state index in [2.05, 4.69) is 30.2 Å². The van der Waals surface area contributed by atoms with Crippen molar-refractivity contribution in [3.63, 3.8) is 0 Å². The smallest absolute Gasteiger partial charge is 0.258 e. The third kappa shape index (κ3) is 3.88. The summed E-state index contributed by atoms with van der Waals surface area (Å²) in [7, 11) is 1.96. The number of fused-ring (bicyclic) bond motifs is 2. The number of aryl methyl sites for hydroxylation is 4. The summed E-state index contributed by atoms with van der Waals surface area (Å²) in [6, 6.07) is 12.2. The molecule has 0 N–H and O–H groups in total. The number of Topliss-reactive ketones (excluding diaryl/α,β-unsaturated/α-hetero) is 1. The van der Waals surface area contributed by atoms with Gasteiger partial charge >= 0.3 is 0 Å². The third-order valence-electron chi connectivity index (χ3n) is 6.87. The Morgan fingerprint density at radius 2 is 1.88 bits per heavy atom. The van der Waals surface area contributed by atoms with Gasteiger partial charge in [-0.05, 0) is 68.0 Å². The zero-order chi connectivity index (χ0) is 22.4. The SMILES string of the molecule is Cc1ccc2c(c1)Cc1c(cnn1C)CN2C(=O)c1ccc(CCC(=O)C2CC2)c(C)c1. The molecule has 1 aliphatic heterocycles. The van der Waals surface area contributed by atoms with Gasteiger partial charge in [0.05, 0.1) is 12.7 Å². The Hall–Kier alpha value is -3.21. The zero-order valence-electron chi connectivity index (χ0n) is 19.0. The van der Waals surface area contributed by atoms with Gasteiger partial charge in [0.15, 0.2) is 0 Å². The topological polar surface area (TPSA) is 55.2 Å². The van der Waals surface area contributed by atoms with Gasteiger partial charge < -0.3 is 4.90 Å². The normalized spacial score (nSPS) is 15.2. The van der Waals surface area contributed by atoms with Crippen LogP contribution in [0.4, 0.5) is 5.69 Å². The number of carbonyl (C=O) groups excluding carboxylic acids is 2. The Kier molecular flexibility index (Phi) is 5.20. The average molecular weight is 428 g/mol. The minimum absolute atomic E-state index is 0.00415. The van der Waals surface area contributed by atoms with Gasteiger partial charge in [0, 0.05) is 48.3 Å². The second kappa shape index (κ2) is 8.05. The van der Waals surface area contributed by atoms with Crippen LogP contribution >= 0.6 is 0 Å². The number of amides is 1. The van der Waals surface area contributed by atoms with E-state index in [0.29, 0.717) is 30.2 Å². The lowest BCUT2D eigenvalue weighted by Crippen LogP contribution is -2.30. The molecule has 1 saturated carbocycles. The average Bonchev–Trinajstić information content (AvgIpc) is 3.58. The quantitative estimate of drug-likeness (QED) is 0.593. The molecule has 1 aliphatic carbocycles. The second-order valence-corrected chi connectivity index (χ2v) is 9.32. The number of ketones is 1. The summed E-state index contributed by atoms with van der Waals surface area (Å²) in [6.07, 6.45) is 6.10. The van der Waals surface area contributed by atoms with Crippen molar-refractivity contribution in [2.75, 3.05) is 4.90 Å². The lowest BCUT2D eigenvalue weighted by atomic mass is 9.98. The van der Waals surface area contributed by atoms with Crippen LogP contribution in [-0.2, 0) is 31.2 Å². The first-order chi connectivity index (χ1) is 15.4. The molecule has 5 rings (SSSR count). The molecule has 0 bridgehead atoms. The highest BCUT2D eigenvalue weighted by atomic mass is 16.2. The number of anilines is 1. The van der Waals surface area contributed by atoms with Crippen LogP contribution in [0.3, 0.4) is 0 Å². The van der Waals surface area contributed by atoms with Crippen molar-refractivity contribution >= 4 is 17.4 Å². The van der Waals surface area contributed by atoms with Gasteiger partial charge in [0.1, 0.15) is 5.78 Å². The van der Waals surface area contributed by atoms with E-state index < -0.39 is 0 Å². The predicted octanol–water partition coefficient (Wildman–Crippen LogP) is 4.70. The van der Waals surface area contributed by atoms with Crippen molar-refractivity contribution < 1.29 is 9.59 Å². The van der Waals surface area contributed by atoms with Crippen LogP contribution in [-0.4, -0.2) is 21.5 Å². The molecule has 0 saturated heterocycles. The first kappa shape index (κ1) is 20.7. The van der Waals surface area contributed by atoms with Crippen molar-refractivity contribution in [2.45, 2.75) is 52.5 Å². The Balaban J connectivity index is 1.44. The summed E-state index contributed by atoms with van der Waals surface area (Å²) in [6.45, 7) is 4.62. The Labute approximate surface area is 189 Å². The van der Waals surface area contributed by atoms with E-state index in [0.717, 1.165) is 59.3 Å². The van der Waals surface area contributed by atoms with Crippen LogP contribution in [0.5, 0.6) is 0 Å². The van der Waals surface area contributed by atoms with E-state index in [1.165, 1.54) is 5.56 Å². The van der Waals surface area contributed by atoms with Crippen molar-refractivity contribution in [2.24, 2.45) is 13.0 Å². The molecule has 2 aliphatic rings. The highest BCUT2D eigenvalue weighted by Gasteiger charge is 2.29. The Morgan fingerprint density at radius 1 is 1.06 bits per heavy atom. The Bertz CT molecular complexity index is 1220. The minimum atomic E-state index is -0.00415. The van der Waals surface area contributed by atoms with Crippen LogP contribution < -0.4 is 4.90 Å². The number of carbonyl (C=O) groups is 2. The largest absolute Gasteiger partial charge is 0.304 e. The fourth-order valence-electron chi connectivity index (χ4n) is 4.74. The van der Waals surface area contributed by atoms with E-state index in [1.54, 1.807) is 0 Å². The maximum absolute atomic E-state index is 13.7. The molecule has 0 atom stereocenters. The standard InChI is InChI=1S/C27H29N3O2/c1-17-4-10-24-22(12-17)14-25-23(15-28-29(25)3)16-30(24)27(32)21-8-5-19(18(2)13-21)9-11-26(31)20-6-7-20/h4-5,8,10,12-13,15,20H,6-7,9,11,14,16H2,1-3H3. The molecule has 1 amide bonds. The molecule has 1 fully saturated rings. The van der Waals surface area contributed by atoms with E-state index in [-0.39, 0.29) is 5.91 Å². The summed E-state index contributed by atoms with van der Waals surface area (Å²) in [5.74, 6) is 0.684. The summed E-state index contributed by atoms with van der Waals surface area (Å²) in [5, 5.41) is 4.43. The highest BCUT2D eigenvalue weighted by Crippen LogP contribution is 2.33. The number of aromatic nitrogens is 2. The number of benzene rings is 2. The molecule has 0 unspecified atom stereocenters. The molecule has 0 radical (unpaired) electrons. The van der Waals surface area contributed by atoms with Crippen molar-refractivity contribution in [3.05, 3.63) is 81.7 Å². The number of hydrogen-bond donors (Lipinski definition) is 0. The second-order valence-electron chi connectivity index (χ2n) is 9.32. The van der Waals surface area contributed by atoms with Gasteiger partial charge in [-0.1, -0.05) is 23.8 Å². The molecule has 5 heteroatoms. The zero-order valence-corrected chi connectivity index (χ0v) is 19.0. The predicted molar refractivity (Wildman–Crippen MR) is 125 cm³/mol. The first-order valence-corrected chi connectivity index (χ1v) is 11.4. The molecule has 1 aromatic heterocycles. The molecular formula is C27H29N3O2. The van der Waals surface area contributed by atoms with Crippen molar-refractivity contribution in [1.82, 2.24) is 9.78 Å². The van der Waals surface area contributed by atoms with E-state index >= 15 is 0 Å². The van der Waals surface area contributed by atoms with E-state index in [9.17, 15) is 9.59 Å². The number of rotatable bonds is 5. The van der Waals surface area contributed by atoms with Gasteiger partial charge in [-0.3, -0.25) is 14.3 Å². The van der Waals surface area contributed by atoms with Gasteiger partial charge in [0.25, 0.3) is 5.91 Å². The molecule has 164 valence electrons. The van der Waals surface area contributed by atoms with Crippen LogP contribution in [0.25, 0.3) is 0 Å². The van der Waals surface area contributed by atoms with Crippen molar-refractivity contribution in [1.29, 1.82) is 0 Å². The minimum Gasteiger partial charge on any atom is -0.304 e. The fraction of sp³-hybridized carbons (Fsp3) is 0.370. The van der Waals surface area contributed by atoms with E-state index in [1.807, 2.05) is 47.9 Å². The summed E-state index contributed by atoms with van der Waals surface area (Å²) in [5.41, 5.74) is 8.43. The molecule has 2 aromatic carbocycles. The molecular weight excluding hydrogens is 398 g/mol. The maximum atomic E-state index is 13.7. The Morgan fingerprint density at radius 3 is 2.62 bits per heavy atom. The van der Waals surface area contributed by atoms with Crippen LogP contribution in [0.2, 0.25) is 0 Å². The summed E-state index contributed by atoms with van der Waals surface area (Å²) < 4.78 is 1.91. The maximum Gasteiger partial charge on any atom is 0.258 e. The van der Waals surface area contributed by atoms with Crippen LogP contribution in [0.1, 0.15) is 63.1 Å². The number of nitrogens with zero attached hydrogens (tertiary/aromatic N) is 3. The van der Waals surface area contributed by atoms with E-state index in [4.69, 9.17) is 0 Å². The third-order valence-corrected chi connectivity index (χ3v) is 6.87. The summed E-state index contributed by atoms with van der Waals surface area (Å²) in [4.78, 5) is 27.7. The van der Waals surface area contributed by atoms with Gasteiger partial charge in [-0.25, -0.2) is 0 Å². The molecule has 5 nitrogen and oxygen atoms in total. The van der Waals surface area contributed by atoms with Gasteiger partial charge in [0.2, 0.25) is 0 Å². The molecule has 3 aromatic rings. The summed E-state index contributed by atoms with van der Waals surface area (Å²) >= 11 is 0. The fourth-order valence-corrected chi connectivity index (χ4v) is 4.74. The molecule has 0 spiro atoms. The molecule has 2 heterocycles. The highest BCUT2D eigenvalue weighted by molar-refractivity contribution is 6.06. The lowest BCUT2D eigenvalue weighted by molar-refractivity contribution is -0.120. The van der Waals surface area contributed by atoms with Gasteiger partial charge in [-0.2, -0.15) is 5.10 Å². The lowest BCUT2D eigenvalue weighted by Gasteiger charge is -2.24. The number of hydrogen-bond acceptors (Lipinski definition) is 3. The monoisotopic (exact) mass is 427 g/mol. The van der Waals surface area contributed by atoms with Gasteiger partial charge in [-0.15, -0.1) is 0 Å². The van der Waals surface area contributed by atoms with Crippen LogP contribution in [0, 0.1) is 19.8 Å². The first-order valence-electron chi connectivity index (χ1n) is 11.4. The van der Waals surface area contributed by atoms with Crippen molar-refractivity contribution in [3.8, 4) is 0 Å². The molecule has 32 heavy (non-hydrogen) atoms.